The number of amides is 1. The van der Waals surface area contributed by atoms with Crippen molar-refractivity contribution in [3.05, 3.63) is 22.4 Å². The molecule has 5 heteroatoms. The van der Waals surface area contributed by atoms with Gasteiger partial charge in [-0.3, -0.25) is 4.79 Å². The van der Waals surface area contributed by atoms with Gasteiger partial charge < -0.3 is 9.64 Å². The van der Waals surface area contributed by atoms with Crippen LogP contribution in [0.5, 0.6) is 0 Å². The van der Waals surface area contributed by atoms with Crippen LogP contribution >= 0.6 is 11.3 Å². The molecule has 100 valence electrons. The van der Waals surface area contributed by atoms with Crippen LogP contribution in [0.3, 0.4) is 0 Å². The van der Waals surface area contributed by atoms with Gasteiger partial charge in [0.1, 0.15) is 0 Å². The van der Waals surface area contributed by atoms with Crippen LogP contribution in [0.1, 0.15) is 30.4 Å². The van der Waals surface area contributed by atoms with E-state index >= 15 is 0 Å². The maximum atomic E-state index is 11.9. The van der Waals surface area contributed by atoms with Crippen LogP contribution in [0.25, 0.3) is 0 Å². The van der Waals surface area contributed by atoms with Gasteiger partial charge in [0, 0.05) is 13.6 Å². The number of amidine groups is 1. The minimum atomic E-state index is -0.246. The number of hydrogen-bond acceptors (Lipinski definition) is 3. The lowest BCUT2D eigenvalue weighted by molar-refractivity contribution is 0.0997. The number of carbonyl (C=O) groups excluding carboxylic acids is 1. The number of rotatable bonds is 4. The van der Waals surface area contributed by atoms with Crippen molar-refractivity contribution in [1.29, 1.82) is 0 Å². The Hall–Kier alpha value is -1.36. The molecule has 0 radical (unpaired) electrons. The van der Waals surface area contributed by atoms with E-state index in [-0.39, 0.29) is 5.91 Å². The molecule has 4 nitrogen and oxygen atoms in total. The van der Waals surface area contributed by atoms with Crippen LogP contribution < -0.4 is 0 Å². The zero-order valence-electron chi connectivity index (χ0n) is 11.3. The average Bonchev–Trinajstić information content (AvgIpc) is 2.86. The lowest BCUT2D eigenvalue weighted by atomic mass is 10.2. The van der Waals surface area contributed by atoms with Gasteiger partial charge in [-0.1, -0.05) is 19.9 Å². The second-order valence-electron chi connectivity index (χ2n) is 4.40. The van der Waals surface area contributed by atoms with Crippen LogP contribution in [-0.4, -0.2) is 37.0 Å². The third-order valence-corrected chi connectivity index (χ3v) is 3.13. The average molecular weight is 268 g/mol. The summed E-state index contributed by atoms with van der Waals surface area (Å²) in [6.07, 6.45) is 0. The molecule has 0 aliphatic heterocycles. The minimum Gasteiger partial charge on any atom is -0.465 e. The van der Waals surface area contributed by atoms with E-state index < -0.39 is 0 Å². The van der Waals surface area contributed by atoms with E-state index in [4.69, 9.17) is 4.74 Å². The lowest BCUT2D eigenvalue weighted by Gasteiger charge is -2.19. The first-order valence-electron chi connectivity index (χ1n) is 6.05. The van der Waals surface area contributed by atoms with Crippen molar-refractivity contribution in [3.8, 4) is 0 Å². The molecule has 1 aromatic rings. The lowest BCUT2D eigenvalue weighted by Crippen LogP contribution is -2.30. The third kappa shape index (κ3) is 4.49. The Morgan fingerprint density at radius 3 is 2.78 bits per heavy atom. The Morgan fingerprint density at radius 2 is 2.28 bits per heavy atom. The molecule has 1 heterocycles. The number of thiophene rings is 1. The van der Waals surface area contributed by atoms with Crippen LogP contribution in [0.4, 0.5) is 0 Å². The fourth-order valence-electron chi connectivity index (χ4n) is 1.15. The van der Waals surface area contributed by atoms with E-state index in [2.05, 4.69) is 18.8 Å². The van der Waals surface area contributed by atoms with E-state index in [0.717, 1.165) is 6.54 Å². The van der Waals surface area contributed by atoms with Crippen molar-refractivity contribution >= 4 is 23.3 Å². The second kappa shape index (κ2) is 7.16. The van der Waals surface area contributed by atoms with Gasteiger partial charge in [0.15, 0.2) is 0 Å². The molecule has 0 aliphatic rings. The molecule has 0 N–H and O–H groups in total. The molecule has 0 saturated heterocycles. The standard InChI is InChI=1S/C13H20N2O2S/c1-5-15(4)13(17-9-10(2)3)14-12(16)11-7-6-8-18-11/h6-8,10H,5,9H2,1-4H3. The highest BCUT2D eigenvalue weighted by Crippen LogP contribution is 2.10. The van der Waals surface area contributed by atoms with Crippen molar-refractivity contribution in [2.45, 2.75) is 20.8 Å². The van der Waals surface area contributed by atoms with E-state index in [1.165, 1.54) is 11.3 Å². The molecule has 18 heavy (non-hydrogen) atoms. The van der Waals surface area contributed by atoms with Crippen molar-refractivity contribution in [1.82, 2.24) is 4.90 Å². The molecule has 1 amide bonds. The topological polar surface area (TPSA) is 41.9 Å². The van der Waals surface area contributed by atoms with Gasteiger partial charge in [0.2, 0.25) is 0 Å². The summed E-state index contributed by atoms with van der Waals surface area (Å²) in [5.41, 5.74) is 0. The number of hydrogen-bond donors (Lipinski definition) is 0. The normalized spacial score (nSPS) is 11.7. The predicted octanol–water partition coefficient (Wildman–Crippen LogP) is 2.87. The van der Waals surface area contributed by atoms with Crippen LogP contribution in [0, 0.1) is 5.92 Å². The van der Waals surface area contributed by atoms with Gasteiger partial charge >= 0.3 is 0 Å². The molecule has 1 rings (SSSR count). The summed E-state index contributed by atoms with van der Waals surface area (Å²) in [5, 5.41) is 1.86. The van der Waals surface area contributed by atoms with E-state index in [9.17, 15) is 4.79 Å². The van der Waals surface area contributed by atoms with Gasteiger partial charge in [0.25, 0.3) is 11.9 Å². The van der Waals surface area contributed by atoms with Crippen molar-refractivity contribution in [2.75, 3.05) is 20.2 Å². The predicted molar refractivity (Wildman–Crippen MR) is 75.2 cm³/mol. The Labute approximate surface area is 112 Å². The zero-order chi connectivity index (χ0) is 13.5. The molecule has 0 unspecified atom stereocenters. The van der Waals surface area contributed by atoms with Crippen LogP contribution in [0.15, 0.2) is 22.5 Å². The quantitative estimate of drug-likeness (QED) is 0.623. The molecule has 0 saturated carbocycles. The smallest absolute Gasteiger partial charge is 0.295 e. The minimum absolute atomic E-state index is 0.246. The van der Waals surface area contributed by atoms with Crippen molar-refractivity contribution < 1.29 is 9.53 Å². The highest BCUT2D eigenvalue weighted by molar-refractivity contribution is 7.12. The third-order valence-electron chi connectivity index (χ3n) is 2.28. The maximum absolute atomic E-state index is 11.9. The molecule has 1 aromatic heterocycles. The summed E-state index contributed by atoms with van der Waals surface area (Å²) in [6, 6.07) is 4.00. The van der Waals surface area contributed by atoms with E-state index in [0.29, 0.717) is 23.4 Å². The Balaban J connectivity index is 2.78. The number of nitrogens with zero attached hydrogens (tertiary/aromatic N) is 2. The van der Waals surface area contributed by atoms with Crippen LogP contribution in [0.2, 0.25) is 0 Å². The highest BCUT2D eigenvalue weighted by atomic mass is 32.1. The number of carbonyl (C=O) groups is 1. The van der Waals surface area contributed by atoms with Crippen LogP contribution in [-0.2, 0) is 4.74 Å². The zero-order valence-corrected chi connectivity index (χ0v) is 12.2. The first-order valence-corrected chi connectivity index (χ1v) is 6.93. The molecule has 0 bridgehead atoms. The van der Waals surface area contributed by atoms with Crippen molar-refractivity contribution in [3.63, 3.8) is 0 Å². The molecule has 0 aromatic carbocycles. The number of aliphatic imine (C=N–C) groups is 1. The van der Waals surface area contributed by atoms with E-state index in [1.54, 1.807) is 6.07 Å². The van der Waals surface area contributed by atoms with E-state index in [1.807, 2.05) is 30.3 Å². The van der Waals surface area contributed by atoms with Gasteiger partial charge in [-0.2, -0.15) is 4.99 Å². The molecular weight excluding hydrogens is 248 g/mol. The fourth-order valence-corrected chi connectivity index (χ4v) is 1.75. The number of ether oxygens (including phenoxy) is 1. The summed E-state index contributed by atoms with van der Waals surface area (Å²) < 4.78 is 5.58. The molecule has 0 aliphatic carbocycles. The van der Waals surface area contributed by atoms with Gasteiger partial charge in [-0.15, -0.1) is 11.3 Å². The monoisotopic (exact) mass is 268 g/mol. The first-order chi connectivity index (χ1) is 8.54. The van der Waals surface area contributed by atoms with Gasteiger partial charge in [0.05, 0.1) is 11.5 Å². The van der Waals surface area contributed by atoms with Gasteiger partial charge in [-0.05, 0) is 24.3 Å². The van der Waals surface area contributed by atoms with Crippen molar-refractivity contribution in [2.24, 2.45) is 10.9 Å². The van der Waals surface area contributed by atoms with Gasteiger partial charge in [-0.25, -0.2) is 0 Å². The molecule has 0 fully saturated rings. The second-order valence-corrected chi connectivity index (χ2v) is 5.34. The Bertz CT molecular complexity index is 399. The SMILES string of the molecule is CCN(C)C(=NC(=O)c1cccs1)OCC(C)C. The summed E-state index contributed by atoms with van der Waals surface area (Å²) in [5.74, 6) is 0.154. The highest BCUT2D eigenvalue weighted by Gasteiger charge is 2.12. The summed E-state index contributed by atoms with van der Waals surface area (Å²) in [7, 11) is 1.86. The Morgan fingerprint density at radius 1 is 1.56 bits per heavy atom. The fraction of sp³-hybridized carbons (Fsp3) is 0.538. The maximum Gasteiger partial charge on any atom is 0.295 e. The molecule has 0 atom stereocenters. The first kappa shape index (κ1) is 14.7. The Kier molecular flexibility index (Phi) is 5.85. The molecule has 0 spiro atoms. The summed E-state index contributed by atoms with van der Waals surface area (Å²) >= 11 is 1.39. The largest absolute Gasteiger partial charge is 0.465 e. The summed E-state index contributed by atoms with van der Waals surface area (Å²) in [4.78, 5) is 18.4. The molecular formula is C13H20N2O2S. The summed E-state index contributed by atoms with van der Waals surface area (Å²) in [6.45, 7) is 7.41.